The molecule has 31 heavy (non-hydrogen) atoms. The van der Waals surface area contributed by atoms with Crippen molar-refractivity contribution in [1.82, 2.24) is 4.98 Å². The van der Waals surface area contributed by atoms with Crippen LogP contribution in [-0.2, 0) is 17.4 Å². The lowest BCUT2D eigenvalue weighted by atomic mass is 9.93. The van der Waals surface area contributed by atoms with Crippen molar-refractivity contribution in [3.05, 3.63) is 95.7 Å². The van der Waals surface area contributed by atoms with Crippen molar-refractivity contribution in [2.24, 2.45) is 0 Å². The van der Waals surface area contributed by atoms with E-state index >= 15 is 0 Å². The standard InChI is InChI=1S/C25H19F3N2O/c1-16-10-12-19(13-11-16)30-22(31)14-18-15-29-24-20(8-5-9-21(24)25(26,27)28)23(18)17-6-3-2-4-7-17/h2-13,15H,14H2,1H3,(H,30,31). The Balaban J connectivity index is 1.79. The summed E-state index contributed by atoms with van der Waals surface area (Å²) in [5, 5.41) is 3.20. The van der Waals surface area contributed by atoms with Crippen molar-refractivity contribution in [2.45, 2.75) is 19.5 Å². The van der Waals surface area contributed by atoms with Crippen LogP contribution in [-0.4, -0.2) is 10.9 Å². The Bertz CT molecular complexity index is 1230. The Morgan fingerprint density at radius 2 is 1.65 bits per heavy atom. The summed E-state index contributed by atoms with van der Waals surface area (Å²) in [5.41, 5.74) is 2.67. The minimum atomic E-state index is -4.52. The van der Waals surface area contributed by atoms with E-state index in [-0.39, 0.29) is 17.8 Å². The highest BCUT2D eigenvalue weighted by atomic mass is 19.4. The van der Waals surface area contributed by atoms with Gasteiger partial charge in [-0.3, -0.25) is 9.78 Å². The second-order valence-electron chi connectivity index (χ2n) is 7.31. The third kappa shape index (κ3) is 4.43. The molecule has 3 nitrogen and oxygen atoms in total. The lowest BCUT2D eigenvalue weighted by Crippen LogP contribution is -2.15. The van der Waals surface area contributed by atoms with Crippen LogP contribution in [0, 0.1) is 6.92 Å². The van der Waals surface area contributed by atoms with Crippen molar-refractivity contribution in [3.63, 3.8) is 0 Å². The number of pyridine rings is 1. The molecule has 0 aliphatic rings. The molecule has 6 heteroatoms. The van der Waals surface area contributed by atoms with Gasteiger partial charge in [-0.15, -0.1) is 0 Å². The van der Waals surface area contributed by atoms with Crippen molar-refractivity contribution in [2.75, 3.05) is 5.32 Å². The fraction of sp³-hybridized carbons (Fsp3) is 0.120. The minimum Gasteiger partial charge on any atom is -0.326 e. The zero-order valence-electron chi connectivity index (χ0n) is 16.7. The van der Waals surface area contributed by atoms with Crippen LogP contribution in [0.15, 0.2) is 79.0 Å². The van der Waals surface area contributed by atoms with Gasteiger partial charge < -0.3 is 5.32 Å². The van der Waals surface area contributed by atoms with Gasteiger partial charge in [0, 0.05) is 17.3 Å². The molecule has 1 amide bonds. The second kappa shape index (κ2) is 8.22. The van der Waals surface area contributed by atoms with Gasteiger partial charge in [-0.05, 0) is 41.8 Å². The molecule has 0 aliphatic heterocycles. The van der Waals surface area contributed by atoms with Crippen molar-refractivity contribution < 1.29 is 18.0 Å². The Labute approximate surface area is 177 Å². The summed E-state index contributed by atoms with van der Waals surface area (Å²) in [5.74, 6) is -0.269. The van der Waals surface area contributed by atoms with Crippen LogP contribution in [0.2, 0.25) is 0 Å². The van der Waals surface area contributed by atoms with Gasteiger partial charge in [0.1, 0.15) is 0 Å². The van der Waals surface area contributed by atoms with Crippen LogP contribution in [0.1, 0.15) is 16.7 Å². The maximum atomic E-state index is 13.5. The summed E-state index contributed by atoms with van der Waals surface area (Å²) in [7, 11) is 0. The molecule has 0 fully saturated rings. The third-order valence-electron chi connectivity index (χ3n) is 5.03. The molecule has 0 unspecified atom stereocenters. The van der Waals surface area contributed by atoms with E-state index in [0.29, 0.717) is 22.2 Å². The molecule has 0 saturated carbocycles. The lowest BCUT2D eigenvalue weighted by Gasteiger charge is -2.16. The highest BCUT2D eigenvalue weighted by Gasteiger charge is 2.33. The van der Waals surface area contributed by atoms with Gasteiger partial charge in [0.15, 0.2) is 0 Å². The zero-order valence-corrected chi connectivity index (χ0v) is 16.7. The summed E-state index contributed by atoms with van der Waals surface area (Å²) in [6.07, 6.45) is -3.17. The zero-order chi connectivity index (χ0) is 22.0. The SMILES string of the molecule is Cc1ccc(NC(=O)Cc2cnc3c(C(F)(F)F)cccc3c2-c2ccccc2)cc1. The number of benzene rings is 3. The molecule has 1 N–H and O–H groups in total. The molecule has 0 saturated heterocycles. The molecule has 0 aliphatic carbocycles. The lowest BCUT2D eigenvalue weighted by molar-refractivity contribution is -0.136. The predicted octanol–water partition coefficient (Wildman–Crippen LogP) is 6.41. The largest absolute Gasteiger partial charge is 0.418 e. The number of anilines is 1. The van der Waals surface area contributed by atoms with E-state index in [4.69, 9.17) is 0 Å². The molecular formula is C25H19F3N2O. The van der Waals surface area contributed by atoms with Crippen molar-refractivity contribution in [1.29, 1.82) is 0 Å². The predicted molar refractivity (Wildman–Crippen MR) is 116 cm³/mol. The monoisotopic (exact) mass is 420 g/mol. The molecule has 4 rings (SSSR count). The highest BCUT2D eigenvalue weighted by molar-refractivity contribution is 6.00. The molecule has 0 radical (unpaired) electrons. The van der Waals surface area contributed by atoms with Crippen LogP contribution in [0.4, 0.5) is 18.9 Å². The van der Waals surface area contributed by atoms with Crippen LogP contribution >= 0.6 is 0 Å². The molecule has 156 valence electrons. The van der Waals surface area contributed by atoms with Crippen LogP contribution < -0.4 is 5.32 Å². The average molecular weight is 420 g/mol. The number of aromatic nitrogens is 1. The van der Waals surface area contributed by atoms with Gasteiger partial charge in [-0.1, -0.05) is 60.2 Å². The molecule has 0 spiro atoms. The number of nitrogens with zero attached hydrogens (tertiary/aromatic N) is 1. The van der Waals surface area contributed by atoms with Gasteiger partial charge >= 0.3 is 6.18 Å². The highest BCUT2D eigenvalue weighted by Crippen LogP contribution is 2.38. The first-order valence-electron chi connectivity index (χ1n) is 9.72. The third-order valence-corrected chi connectivity index (χ3v) is 5.03. The van der Waals surface area contributed by atoms with Gasteiger partial charge in [-0.2, -0.15) is 13.2 Å². The number of hydrogen-bond donors (Lipinski definition) is 1. The number of fused-ring (bicyclic) bond motifs is 1. The molecule has 1 heterocycles. The van der Waals surface area contributed by atoms with E-state index in [1.165, 1.54) is 12.3 Å². The number of carbonyl (C=O) groups excluding carboxylic acids is 1. The summed E-state index contributed by atoms with van der Waals surface area (Å²) in [6, 6.07) is 20.5. The number of amides is 1. The average Bonchev–Trinajstić information content (AvgIpc) is 2.74. The van der Waals surface area contributed by atoms with Crippen LogP contribution in [0.3, 0.4) is 0 Å². The summed E-state index contributed by atoms with van der Waals surface area (Å²) in [4.78, 5) is 16.8. The van der Waals surface area contributed by atoms with Crippen molar-refractivity contribution in [3.8, 4) is 11.1 Å². The number of halogens is 3. The van der Waals surface area contributed by atoms with Crippen molar-refractivity contribution >= 4 is 22.5 Å². The number of rotatable bonds is 4. The Morgan fingerprint density at radius 3 is 2.32 bits per heavy atom. The first-order valence-corrected chi connectivity index (χ1v) is 9.72. The number of alkyl halides is 3. The van der Waals surface area contributed by atoms with Gasteiger partial charge in [0.05, 0.1) is 17.5 Å². The van der Waals surface area contributed by atoms with Gasteiger partial charge in [0.25, 0.3) is 0 Å². The second-order valence-corrected chi connectivity index (χ2v) is 7.31. The topological polar surface area (TPSA) is 42.0 Å². The summed E-state index contributed by atoms with van der Waals surface area (Å²) in [6.45, 7) is 1.95. The Kier molecular flexibility index (Phi) is 5.46. The van der Waals surface area contributed by atoms with E-state index in [1.807, 2.05) is 49.4 Å². The Morgan fingerprint density at radius 1 is 0.935 bits per heavy atom. The minimum absolute atomic E-state index is 0.0166. The fourth-order valence-electron chi connectivity index (χ4n) is 3.59. The quantitative estimate of drug-likeness (QED) is 0.414. The molecule has 4 aromatic rings. The van der Waals surface area contributed by atoms with E-state index in [1.54, 1.807) is 18.2 Å². The normalized spacial score (nSPS) is 11.5. The molecule has 3 aromatic carbocycles. The van der Waals surface area contributed by atoms with E-state index in [0.717, 1.165) is 17.2 Å². The smallest absolute Gasteiger partial charge is 0.326 e. The first-order chi connectivity index (χ1) is 14.8. The van der Waals surface area contributed by atoms with E-state index < -0.39 is 11.7 Å². The number of carbonyl (C=O) groups is 1. The van der Waals surface area contributed by atoms with Gasteiger partial charge in [0.2, 0.25) is 5.91 Å². The van der Waals surface area contributed by atoms with Crippen LogP contribution in [0.5, 0.6) is 0 Å². The Hall–Kier alpha value is -3.67. The summed E-state index contributed by atoms with van der Waals surface area (Å²) >= 11 is 0. The maximum absolute atomic E-state index is 13.5. The van der Waals surface area contributed by atoms with E-state index in [9.17, 15) is 18.0 Å². The molecule has 0 atom stereocenters. The van der Waals surface area contributed by atoms with Gasteiger partial charge in [-0.25, -0.2) is 0 Å². The first kappa shape index (κ1) is 20.6. The maximum Gasteiger partial charge on any atom is 0.418 e. The number of nitrogens with one attached hydrogen (secondary N) is 1. The van der Waals surface area contributed by atoms with E-state index in [2.05, 4.69) is 10.3 Å². The fourth-order valence-corrected chi connectivity index (χ4v) is 3.59. The van der Waals surface area contributed by atoms with Crippen LogP contribution in [0.25, 0.3) is 22.0 Å². The number of aryl methyl sites for hydroxylation is 1. The number of para-hydroxylation sites is 1. The molecular weight excluding hydrogens is 401 g/mol. The summed E-state index contributed by atoms with van der Waals surface area (Å²) < 4.78 is 40.6. The number of hydrogen-bond acceptors (Lipinski definition) is 2. The molecule has 1 aromatic heterocycles. The molecule has 0 bridgehead atoms.